The largest absolute Gasteiger partial charge is 0.484 e. The summed E-state index contributed by atoms with van der Waals surface area (Å²) in [5.74, 6) is -0.318. The number of nitrogens with zero attached hydrogens (tertiary/aromatic N) is 1. The molecule has 0 amide bonds. The lowest BCUT2D eigenvalue weighted by Gasteiger charge is -2.10. The number of rotatable bonds is 4. The molecule has 2 aromatic rings. The third-order valence-electron chi connectivity index (χ3n) is 2.92. The highest BCUT2D eigenvalue weighted by molar-refractivity contribution is 5.30. The molecule has 1 aromatic carbocycles. The van der Waals surface area contributed by atoms with Gasteiger partial charge in [0.05, 0.1) is 11.8 Å². The van der Waals surface area contributed by atoms with Gasteiger partial charge in [-0.2, -0.15) is 0 Å². The molecule has 100 valence electrons. The fraction of sp³-hybridized carbons (Fsp3) is 0.267. The number of halogens is 1. The minimum atomic E-state index is -0.693. The molecular formula is C15H16FNO2. The summed E-state index contributed by atoms with van der Waals surface area (Å²) >= 11 is 0. The van der Waals surface area contributed by atoms with Crippen LogP contribution in [0.15, 0.2) is 36.5 Å². The lowest BCUT2D eigenvalue weighted by Crippen LogP contribution is -2.02. The molecule has 1 unspecified atom stereocenters. The summed E-state index contributed by atoms with van der Waals surface area (Å²) in [4.78, 5) is 4.18. The number of hydrogen-bond donors (Lipinski definition) is 1. The van der Waals surface area contributed by atoms with Gasteiger partial charge in [-0.1, -0.05) is 12.1 Å². The zero-order valence-electron chi connectivity index (χ0n) is 10.9. The zero-order chi connectivity index (χ0) is 13.8. The van der Waals surface area contributed by atoms with Crippen LogP contribution >= 0.6 is 0 Å². The predicted octanol–water partition coefficient (Wildman–Crippen LogP) is 3.16. The van der Waals surface area contributed by atoms with Crippen LogP contribution in [0, 0.1) is 12.7 Å². The molecule has 0 saturated carbocycles. The Bertz CT molecular complexity index is 570. The smallest absolute Gasteiger partial charge is 0.165 e. The molecule has 0 aliphatic carbocycles. The van der Waals surface area contributed by atoms with Crippen LogP contribution in [0.2, 0.25) is 0 Å². The van der Waals surface area contributed by atoms with Gasteiger partial charge in [0.1, 0.15) is 6.61 Å². The van der Waals surface area contributed by atoms with E-state index < -0.39 is 11.9 Å². The van der Waals surface area contributed by atoms with Gasteiger partial charge in [0.2, 0.25) is 0 Å². The van der Waals surface area contributed by atoms with Crippen LogP contribution in [-0.4, -0.2) is 10.1 Å². The maximum absolute atomic E-state index is 13.8. The monoisotopic (exact) mass is 261 g/mol. The Morgan fingerprint density at radius 1 is 1.37 bits per heavy atom. The molecule has 0 spiro atoms. The number of pyridine rings is 1. The Labute approximate surface area is 111 Å². The third-order valence-corrected chi connectivity index (χ3v) is 2.92. The first-order valence-electron chi connectivity index (χ1n) is 6.08. The Balaban J connectivity index is 2.10. The molecule has 1 heterocycles. The van der Waals surface area contributed by atoms with Crippen LogP contribution in [0.1, 0.15) is 29.8 Å². The topological polar surface area (TPSA) is 42.4 Å². The van der Waals surface area contributed by atoms with E-state index in [-0.39, 0.29) is 12.4 Å². The van der Waals surface area contributed by atoms with Crippen molar-refractivity contribution < 1.29 is 14.2 Å². The van der Waals surface area contributed by atoms with Gasteiger partial charge >= 0.3 is 0 Å². The average Bonchev–Trinajstić information content (AvgIpc) is 2.39. The summed E-state index contributed by atoms with van der Waals surface area (Å²) in [6.07, 6.45) is 0.986. The molecule has 0 radical (unpaired) electrons. The second-order valence-corrected chi connectivity index (χ2v) is 4.42. The maximum atomic E-state index is 13.8. The standard InChI is InChI=1S/C15H16FNO2/c1-10-4-3-7-17-14(10)9-19-15-6-5-12(11(2)18)8-13(15)16/h3-8,11,18H,9H2,1-2H3. The first-order valence-corrected chi connectivity index (χ1v) is 6.08. The number of aliphatic hydroxyl groups is 1. The van der Waals surface area contributed by atoms with Crippen molar-refractivity contribution in [3.05, 3.63) is 59.2 Å². The van der Waals surface area contributed by atoms with Crippen LogP contribution in [0.25, 0.3) is 0 Å². The molecule has 3 nitrogen and oxygen atoms in total. The van der Waals surface area contributed by atoms with Crippen molar-refractivity contribution in [3.63, 3.8) is 0 Å². The van der Waals surface area contributed by atoms with Crippen LogP contribution in [-0.2, 0) is 6.61 Å². The van der Waals surface area contributed by atoms with Crippen molar-refractivity contribution in [3.8, 4) is 5.75 Å². The van der Waals surface area contributed by atoms with Crippen LogP contribution in [0.4, 0.5) is 4.39 Å². The number of aliphatic hydroxyl groups excluding tert-OH is 1. The number of hydrogen-bond acceptors (Lipinski definition) is 3. The molecule has 19 heavy (non-hydrogen) atoms. The number of ether oxygens (including phenoxy) is 1. The number of aromatic nitrogens is 1. The van der Waals surface area contributed by atoms with Crippen molar-refractivity contribution in [1.29, 1.82) is 0 Å². The minimum absolute atomic E-state index is 0.162. The average molecular weight is 261 g/mol. The molecule has 2 rings (SSSR count). The Kier molecular flexibility index (Phi) is 4.12. The lowest BCUT2D eigenvalue weighted by molar-refractivity contribution is 0.198. The van der Waals surface area contributed by atoms with Gasteiger partial charge in [-0.15, -0.1) is 0 Å². The van der Waals surface area contributed by atoms with Gasteiger partial charge in [0.25, 0.3) is 0 Å². The summed E-state index contributed by atoms with van der Waals surface area (Å²) < 4.78 is 19.2. The first-order chi connectivity index (χ1) is 9.08. The van der Waals surface area contributed by atoms with Crippen molar-refractivity contribution in [2.24, 2.45) is 0 Å². The predicted molar refractivity (Wildman–Crippen MR) is 70.3 cm³/mol. The highest BCUT2D eigenvalue weighted by atomic mass is 19.1. The molecular weight excluding hydrogens is 245 g/mol. The van der Waals surface area contributed by atoms with E-state index in [1.165, 1.54) is 12.1 Å². The molecule has 0 aliphatic rings. The quantitative estimate of drug-likeness (QED) is 0.919. The van der Waals surface area contributed by atoms with Gasteiger partial charge < -0.3 is 9.84 Å². The van der Waals surface area contributed by atoms with Gasteiger partial charge in [-0.05, 0) is 43.2 Å². The molecule has 1 atom stereocenters. The highest BCUT2D eigenvalue weighted by Crippen LogP contribution is 2.22. The van der Waals surface area contributed by atoms with E-state index in [4.69, 9.17) is 4.74 Å². The zero-order valence-corrected chi connectivity index (χ0v) is 10.9. The third kappa shape index (κ3) is 3.29. The van der Waals surface area contributed by atoms with Gasteiger partial charge in [-0.3, -0.25) is 4.98 Å². The van der Waals surface area contributed by atoms with Gasteiger partial charge in [-0.25, -0.2) is 4.39 Å². The fourth-order valence-corrected chi connectivity index (χ4v) is 1.71. The molecule has 0 aliphatic heterocycles. The number of aryl methyl sites for hydroxylation is 1. The Hall–Kier alpha value is -1.94. The summed E-state index contributed by atoms with van der Waals surface area (Å²) in [5, 5.41) is 9.37. The molecule has 0 bridgehead atoms. The second-order valence-electron chi connectivity index (χ2n) is 4.42. The summed E-state index contributed by atoms with van der Waals surface area (Å²) in [6, 6.07) is 8.23. The highest BCUT2D eigenvalue weighted by Gasteiger charge is 2.09. The van der Waals surface area contributed by atoms with Gasteiger partial charge in [0.15, 0.2) is 11.6 Å². The van der Waals surface area contributed by atoms with E-state index in [1.54, 1.807) is 19.2 Å². The molecule has 1 N–H and O–H groups in total. The lowest BCUT2D eigenvalue weighted by atomic mass is 10.1. The normalized spacial score (nSPS) is 12.2. The fourth-order valence-electron chi connectivity index (χ4n) is 1.71. The SMILES string of the molecule is Cc1cccnc1COc1ccc(C(C)O)cc1F. The van der Waals surface area contributed by atoms with E-state index in [9.17, 15) is 9.50 Å². The molecule has 0 saturated heterocycles. The summed E-state index contributed by atoms with van der Waals surface area (Å²) in [5.41, 5.74) is 2.31. The van der Waals surface area contributed by atoms with Crippen LogP contribution in [0.5, 0.6) is 5.75 Å². The molecule has 1 aromatic heterocycles. The van der Waals surface area contributed by atoms with Gasteiger partial charge in [0, 0.05) is 6.20 Å². The van der Waals surface area contributed by atoms with E-state index >= 15 is 0 Å². The van der Waals surface area contributed by atoms with E-state index in [0.717, 1.165) is 11.3 Å². The van der Waals surface area contributed by atoms with E-state index in [2.05, 4.69) is 4.98 Å². The Morgan fingerprint density at radius 3 is 2.79 bits per heavy atom. The first kappa shape index (κ1) is 13.5. The van der Waals surface area contributed by atoms with Crippen LogP contribution < -0.4 is 4.74 Å². The van der Waals surface area contributed by atoms with Crippen molar-refractivity contribution in [2.45, 2.75) is 26.6 Å². The summed E-state index contributed by atoms with van der Waals surface area (Å²) in [7, 11) is 0. The van der Waals surface area contributed by atoms with E-state index in [0.29, 0.717) is 5.56 Å². The minimum Gasteiger partial charge on any atom is -0.484 e. The van der Waals surface area contributed by atoms with E-state index in [1.807, 2.05) is 19.1 Å². The Morgan fingerprint density at radius 2 is 2.16 bits per heavy atom. The van der Waals surface area contributed by atoms with Crippen LogP contribution in [0.3, 0.4) is 0 Å². The molecule has 4 heteroatoms. The molecule has 0 fully saturated rings. The maximum Gasteiger partial charge on any atom is 0.165 e. The number of benzene rings is 1. The van der Waals surface area contributed by atoms with Crippen molar-refractivity contribution >= 4 is 0 Å². The van der Waals surface area contributed by atoms with Crippen molar-refractivity contribution in [1.82, 2.24) is 4.98 Å². The summed E-state index contributed by atoms with van der Waals surface area (Å²) in [6.45, 7) is 3.74. The van der Waals surface area contributed by atoms with Crippen molar-refractivity contribution in [2.75, 3.05) is 0 Å². The second kappa shape index (κ2) is 5.80.